The number of ether oxygens (including phenoxy) is 2. The molecular formula is C17H18ClNO2S. The standard InChI is InChI=1S/C17H18ClNO2S/c18-13-8-11(9-15-17(13)21-6-5-20-15)10-19-14-2-1-3-16-12(14)4-7-22-16/h4,7-9,14,19H,1-3,5-6,10H2. The number of benzene rings is 1. The summed E-state index contributed by atoms with van der Waals surface area (Å²) in [5, 5.41) is 6.50. The molecule has 2 heterocycles. The Morgan fingerprint density at radius 2 is 2.18 bits per heavy atom. The molecule has 0 fully saturated rings. The second kappa shape index (κ2) is 6.11. The molecule has 2 aromatic rings. The van der Waals surface area contributed by atoms with Crippen molar-refractivity contribution in [1.29, 1.82) is 0 Å². The van der Waals surface area contributed by atoms with E-state index in [1.54, 1.807) is 0 Å². The Morgan fingerprint density at radius 1 is 1.27 bits per heavy atom. The average molecular weight is 336 g/mol. The van der Waals surface area contributed by atoms with Crippen molar-refractivity contribution in [1.82, 2.24) is 5.32 Å². The lowest BCUT2D eigenvalue weighted by molar-refractivity contribution is 0.171. The van der Waals surface area contributed by atoms with Gasteiger partial charge in [0.1, 0.15) is 13.2 Å². The van der Waals surface area contributed by atoms with Crippen LogP contribution in [0.2, 0.25) is 5.02 Å². The summed E-state index contributed by atoms with van der Waals surface area (Å²) < 4.78 is 11.2. The molecule has 1 N–H and O–H groups in total. The Balaban J connectivity index is 1.50. The summed E-state index contributed by atoms with van der Waals surface area (Å²) >= 11 is 8.18. The van der Waals surface area contributed by atoms with Crippen LogP contribution in [0, 0.1) is 0 Å². The van der Waals surface area contributed by atoms with Crippen LogP contribution in [0.1, 0.15) is 34.9 Å². The highest BCUT2D eigenvalue weighted by Crippen LogP contribution is 2.39. The van der Waals surface area contributed by atoms with Crippen molar-refractivity contribution in [3.05, 3.63) is 44.6 Å². The summed E-state index contributed by atoms with van der Waals surface area (Å²) in [6.07, 6.45) is 3.68. The first kappa shape index (κ1) is 14.4. The lowest BCUT2D eigenvalue weighted by Gasteiger charge is -2.25. The molecule has 1 unspecified atom stereocenters. The van der Waals surface area contributed by atoms with E-state index in [-0.39, 0.29) is 0 Å². The minimum absolute atomic E-state index is 0.446. The summed E-state index contributed by atoms with van der Waals surface area (Å²) in [4.78, 5) is 1.53. The van der Waals surface area contributed by atoms with Crippen LogP contribution in [0.25, 0.3) is 0 Å². The van der Waals surface area contributed by atoms with Crippen LogP contribution in [0.4, 0.5) is 0 Å². The van der Waals surface area contributed by atoms with Crippen molar-refractivity contribution in [2.75, 3.05) is 13.2 Å². The number of rotatable bonds is 3. The first-order chi connectivity index (χ1) is 10.8. The van der Waals surface area contributed by atoms with Gasteiger partial charge in [-0.15, -0.1) is 11.3 Å². The molecule has 2 aliphatic rings. The molecule has 0 saturated heterocycles. The number of nitrogens with one attached hydrogen (secondary N) is 1. The quantitative estimate of drug-likeness (QED) is 0.905. The van der Waals surface area contributed by atoms with Crippen molar-refractivity contribution in [2.45, 2.75) is 31.8 Å². The number of hydrogen-bond acceptors (Lipinski definition) is 4. The van der Waals surface area contributed by atoms with Crippen molar-refractivity contribution >= 4 is 22.9 Å². The fourth-order valence-corrected chi connectivity index (χ4v) is 4.48. The minimum Gasteiger partial charge on any atom is -0.486 e. The van der Waals surface area contributed by atoms with Crippen molar-refractivity contribution in [2.24, 2.45) is 0 Å². The number of thiophene rings is 1. The highest BCUT2D eigenvalue weighted by atomic mass is 35.5. The zero-order valence-corrected chi connectivity index (χ0v) is 13.8. The minimum atomic E-state index is 0.446. The second-order valence-corrected chi connectivity index (χ2v) is 7.13. The third kappa shape index (κ3) is 2.71. The lowest BCUT2D eigenvalue weighted by Crippen LogP contribution is -2.24. The number of fused-ring (bicyclic) bond motifs is 2. The Kier molecular flexibility index (Phi) is 3.99. The average Bonchev–Trinajstić information content (AvgIpc) is 3.02. The van der Waals surface area contributed by atoms with Gasteiger partial charge in [0, 0.05) is 17.5 Å². The molecule has 1 aliphatic heterocycles. The number of aryl methyl sites for hydroxylation is 1. The van der Waals surface area contributed by atoms with Gasteiger partial charge in [-0.25, -0.2) is 0 Å². The van der Waals surface area contributed by atoms with E-state index in [9.17, 15) is 0 Å². The Hall–Kier alpha value is -1.23. The van der Waals surface area contributed by atoms with Crippen molar-refractivity contribution in [3.63, 3.8) is 0 Å². The van der Waals surface area contributed by atoms with Gasteiger partial charge in [0.25, 0.3) is 0 Å². The van der Waals surface area contributed by atoms with E-state index < -0.39 is 0 Å². The maximum atomic E-state index is 6.30. The second-order valence-electron chi connectivity index (χ2n) is 5.73. The van der Waals surface area contributed by atoms with Gasteiger partial charge in [-0.1, -0.05) is 11.6 Å². The van der Waals surface area contributed by atoms with Crippen molar-refractivity contribution in [3.8, 4) is 11.5 Å². The highest BCUT2D eigenvalue weighted by molar-refractivity contribution is 7.10. The summed E-state index contributed by atoms with van der Waals surface area (Å²) in [6.45, 7) is 1.94. The predicted octanol–water partition coefficient (Wildman–Crippen LogP) is 4.34. The molecule has 116 valence electrons. The van der Waals surface area contributed by atoms with Gasteiger partial charge in [-0.3, -0.25) is 0 Å². The van der Waals surface area contributed by atoms with Crippen LogP contribution in [0.3, 0.4) is 0 Å². The molecule has 4 rings (SSSR count). The largest absolute Gasteiger partial charge is 0.486 e. The smallest absolute Gasteiger partial charge is 0.179 e. The molecular weight excluding hydrogens is 318 g/mol. The van der Waals surface area contributed by atoms with Crippen LogP contribution in [-0.2, 0) is 13.0 Å². The highest BCUT2D eigenvalue weighted by Gasteiger charge is 2.21. The number of hydrogen-bond donors (Lipinski definition) is 1. The Labute approximate surface area is 139 Å². The van der Waals surface area contributed by atoms with Crippen LogP contribution in [-0.4, -0.2) is 13.2 Å². The van der Waals surface area contributed by atoms with E-state index in [1.807, 2.05) is 23.5 Å². The van der Waals surface area contributed by atoms with Gasteiger partial charge in [-0.2, -0.15) is 0 Å². The van der Waals surface area contributed by atoms with Crippen LogP contribution in [0.5, 0.6) is 11.5 Å². The molecule has 0 spiro atoms. The molecule has 1 aromatic heterocycles. The molecule has 1 aliphatic carbocycles. The fraction of sp³-hybridized carbons (Fsp3) is 0.412. The molecule has 22 heavy (non-hydrogen) atoms. The van der Waals surface area contributed by atoms with Gasteiger partial charge in [0.2, 0.25) is 0 Å². The first-order valence-electron chi connectivity index (χ1n) is 7.69. The summed E-state index contributed by atoms with van der Waals surface area (Å²) in [5.74, 6) is 1.44. The predicted molar refractivity (Wildman–Crippen MR) is 89.3 cm³/mol. The normalized spacial score (nSPS) is 19.8. The van der Waals surface area contributed by atoms with E-state index in [0.717, 1.165) is 17.9 Å². The Morgan fingerprint density at radius 3 is 3.14 bits per heavy atom. The topological polar surface area (TPSA) is 30.5 Å². The third-order valence-electron chi connectivity index (χ3n) is 4.26. The molecule has 0 saturated carbocycles. The maximum absolute atomic E-state index is 6.30. The molecule has 0 radical (unpaired) electrons. The third-order valence-corrected chi connectivity index (χ3v) is 5.54. The van der Waals surface area contributed by atoms with Crippen LogP contribution < -0.4 is 14.8 Å². The first-order valence-corrected chi connectivity index (χ1v) is 8.94. The maximum Gasteiger partial charge on any atom is 0.179 e. The summed E-state index contributed by atoms with van der Waals surface area (Å²) in [6, 6.07) is 6.71. The molecule has 0 amide bonds. The van der Waals surface area contributed by atoms with Gasteiger partial charge in [-0.05, 0) is 54.0 Å². The lowest BCUT2D eigenvalue weighted by atomic mass is 9.94. The summed E-state index contributed by atoms with van der Waals surface area (Å²) in [7, 11) is 0. The van der Waals surface area contributed by atoms with E-state index in [1.165, 1.54) is 29.7 Å². The Bertz CT molecular complexity index is 685. The van der Waals surface area contributed by atoms with Crippen LogP contribution >= 0.6 is 22.9 Å². The van der Waals surface area contributed by atoms with E-state index in [0.29, 0.717) is 30.0 Å². The van der Waals surface area contributed by atoms with E-state index >= 15 is 0 Å². The van der Waals surface area contributed by atoms with Gasteiger partial charge in [0.05, 0.1) is 5.02 Å². The SMILES string of the molecule is Clc1cc(CNC2CCCc3sccc32)cc2c1OCCO2. The molecule has 1 aromatic carbocycles. The fourth-order valence-electron chi connectivity index (χ4n) is 3.21. The van der Waals surface area contributed by atoms with Gasteiger partial charge in [0.15, 0.2) is 11.5 Å². The monoisotopic (exact) mass is 335 g/mol. The zero-order valence-electron chi connectivity index (χ0n) is 12.2. The zero-order chi connectivity index (χ0) is 14.9. The number of halogens is 1. The molecule has 5 heteroatoms. The molecule has 3 nitrogen and oxygen atoms in total. The van der Waals surface area contributed by atoms with E-state index in [4.69, 9.17) is 21.1 Å². The van der Waals surface area contributed by atoms with Gasteiger partial charge < -0.3 is 14.8 Å². The molecule has 1 atom stereocenters. The van der Waals surface area contributed by atoms with E-state index in [2.05, 4.69) is 16.8 Å². The molecule has 0 bridgehead atoms. The van der Waals surface area contributed by atoms with Crippen molar-refractivity contribution < 1.29 is 9.47 Å². The van der Waals surface area contributed by atoms with Crippen LogP contribution in [0.15, 0.2) is 23.6 Å². The summed E-state index contributed by atoms with van der Waals surface area (Å²) in [5.41, 5.74) is 2.61. The van der Waals surface area contributed by atoms with Gasteiger partial charge >= 0.3 is 0 Å².